The average Bonchev–Trinajstić information content (AvgIpc) is 3.05. The van der Waals surface area contributed by atoms with E-state index < -0.39 is 5.54 Å². The van der Waals surface area contributed by atoms with Crippen molar-refractivity contribution in [2.24, 2.45) is 5.92 Å². The van der Waals surface area contributed by atoms with E-state index in [1.165, 1.54) is 12.8 Å². The Hall–Kier alpha value is -1.59. The van der Waals surface area contributed by atoms with E-state index in [0.29, 0.717) is 24.6 Å². The van der Waals surface area contributed by atoms with Gasteiger partial charge in [0.25, 0.3) is 5.91 Å². The summed E-state index contributed by atoms with van der Waals surface area (Å²) in [5, 5.41) is 6.50. The molecular weight excluding hydrogens is 350 g/mol. The van der Waals surface area contributed by atoms with Crippen LogP contribution in [0.3, 0.4) is 0 Å². The van der Waals surface area contributed by atoms with Crippen LogP contribution in [0.1, 0.15) is 49.4 Å². The van der Waals surface area contributed by atoms with E-state index in [9.17, 15) is 9.59 Å². The van der Waals surface area contributed by atoms with Crippen molar-refractivity contribution < 1.29 is 9.59 Å². The largest absolute Gasteiger partial charge is 0.354 e. The van der Waals surface area contributed by atoms with Crippen LogP contribution in [0.5, 0.6) is 0 Å². The zero-order valence-corrected chi connectivity index (χ0v) is 16.3. The molecular formula is C20H30ClN3O2. The van der Waals surface area contributed by atoms with Gasteiger partial charge in [0.05, 0.1) is 0 Å². The first-order chi connectivity index (χ1) is 12.1. The van der Waals surface area contributed by atoms with Crippen LogP contribution in [0.25, 0.3) is 0 Å². The summed E-state index contributed by atoms with van der Waals surface area (Å²) >= 11 is 0. The van der Waals surface area contributed by atoms with Gasteiger partial charge < -0.3 is 15.5 Å². The maximum atomic E-state index is 12.8. The molecule has 0 aliphatic carbocycles. The molecule has 2 amide bonds. The predicted octanol–water partition coefficient (Wildman–Crippen LogP) is 2.61. The Bertz CT molecular complexity index is 604. The summed E-state index contributed by atoms with van der Waals surface area (Å²) in [5.41, 5.74) is -0.0886. The first-order valence-corrected chi connectivity index (χ1v) is 9.47. The van der Waals surface area contributed by atoms with E-state index in [4.69, 9.17) is 0 Å². The SMILES string of the molecule is CC1(C(=O)NCCC2CCCNC2)CCCN1C(=O)c1ccccc1.Cl. The van der Waals surface area contributed by atoms with Gasteiger partial charge in [-0.05, 0) is 70.2 Å². The lowest BCUT2D eigenvalue weighted by Crippen LogP contribution is -2.55. The molecule has 0 saturated carbocycles. The van der Waals surface area contributed by atoms with Crippen LogP contribution < -0.4 is 10.6 Å². The zero-order chi connectivity index (χ0) is 17.7. The number of rotatable bonds is 5. The number of hydrogen-bond acceptors (Lipinski definition) is 3. The lowest BCUT2D eigenvalue weighted by Gasteiger charge is -2.34. The third-order valence-corrected chi connectivity index (χ3v) is 5.63. The molecule has 6 heteroatoms. The number of piperidine rings is 1. The second kappa shape index (κ2) is 9.38. The van der Waals surface area contributed by atoms with Crippen molar-refractivity contribution in [2.75, 3.05) is 26.2 Å². The van der Waals surface area contributed by atoms with Crippen molar-refractivity contribution in [1.82, 2.24) is 15.5 Å². The van der Waals surface area contributed by atoms with Crippen molar-refractivity contribution in [2.45, 2.75) is 44.6 Å². The Morgan fingerprint density at radius 1 is 1.27 bits per heavy atom. The highest BCUT2D eigenvalue weighted by Gasteiger charge is 2.45. The lowest BCUT2D eigenvalue weighted by molar-refractivity contribution is -0.129. The molecule has 0 aromatic heterocycles. The summed E-state index contributed by atoms with van der Waals surface area (Å²) < 4.78 is 0. The Morgan fingerprint density at radius 2 is 2.04 bits per heavy atom. The van der Waals surface area contributed by atoms with Crippen molar-refractivity contribution >= 4 is 24.2 Å². The second-order valence-electron chi connectivity index (χ2n) is 7.46. The van der Waals surface area contributed by atoms with Gasteiger partial charge in [0.2, 0.25) is 5.91 Å². The van der Waals surface area contributed by atoms with Crippen LogP contribution in [0, 0.1) is 5.92 Å². The smallest absolute Gasteiger partial charge is 0.254 e. The highest BCUT2D eigenvalue weighted by atomic mass is 35.5. The summed E-state index contributed by atoms with van der Waals surface area (Å²) in [5.74, 6) is 0.581. The lowest BCUT2D eigenvalue weighted by atomic mass is 9.94. The highest BCUT2D eigenvalue weighted by Crippen LogP contribution is 2.31. The maximum absolute atomic E-state index is 12.8. The molecule has 2 atom stereocenters. The Kier molecular flexibility index (Phi) is 7.47. The van der Waals surface area contributed by atoms with Crippen molar-refractivity contribution in [3.8, 4) is 0 Å². The predicted molar refractivity (Wildman–Crippen MR) is 106 cm³/mol. The van der Waals surface area contributed by atoms with Crippen molar-refractivity contribution in [1.29, 1.82) is 0 Å². The number of hydrogen-bond donors (Lipinski definition) is 2. The summed E-state index contributed by atoms with van der Waals surface area (Å²) in [6.07, 6.45) is 5.05. The molecule has 2 unspecified atom stereocenters. The number of likely N-dealkylation sites (tertiary alicyclic amines) is 1. The molecule has 2 heterocycles. The molecule has 26 heavy (non-hydrogen) atoms. The standard InChI is InChI=1S/C20H29N3O2.ClH/c1-20(19(25)22-13-10-16-7-5-12-21-15-16)11-6-14-23(20)18(24)17-8-3-2-4-9-17;/h2-4,8-9,16,21H,5-7,10-15H2,1H3,(H,22,25);1H. The van der Waals surface area contributed by atoms with Crippen LogP contribution >= 0.6 is 12.4 Å². The molecule has 0 spiro atoms. The van der Waals surface area contributed by atoms with Crippen LogP contribution in [0.15, 0.2) is 30.3 Å². The van der Waals surface area contributed by atoms with Gasteiger partial charge in [-0.1, -0.05) is 18.2 Å². The average molecular weight is 380 g/mol. The minimum Gasteiger partial charge on any atom is -0.354 e. The molecule has 144 valence electrons. The molecule has 2 aliphatic heterocycles. The molecule has 2 aliphatic rings. The molecule has 2 saturated heterocycles. The molecule has 2 fully saturated rings. The van der Waals surface area contributed by atoms with Gasteiger partial charge in [-0.3, -0.25) is 9.59 Å². The highest BCUT2D eigenvalue weighted by molar-refractivity contribution is 5.99. The van der Waals surface area contributed by atoms with Gasteiger partial charge in [0, 0.05) is 18.7 Å². The van der Waals surface area contributed by atoms with E-state index >= 15 is 0 Å². The summed E-state index contributed by atoms with van der Waals surface area (Å²) in [6, 6.07) is 9.24. The molecule has 5 nitrogen and oxygen atoms in total. The number of carbonyl (C=O) groups excluding carboxylic acids is 2. The van der Waals surface area contributed by atoms with Crippen molar-refractivity contribution in [3.63, 3.8) is 0 Å². The molecule has 3 rings (SSSR count). The first kappa shape index (κ1) is 20.7. The second-order valence-corrected chi connectivity index (χ2v) is 7.46. The van der Waals surface area contributed by atoms with Crippen LogP contribution in [0.2, 0.25) is 0 Å². The molecule has 0 radical (unpaired) electrons. The van der Waals surface area contributed by atoms with Gasteiger partial charge >= 0.3 is 0 Å². The fourth-order valence-electron chi connectivity index (χ4n) is 4.01. The van der Waals surface area contributed by atoms with Crippen LogP contribution in [-0.4, -0.2) is 48.4 Å². The number of amides is 2. The van der Waals surface area contributed by atoms with E-state index in [1.807, 2.05) is 37.3 Å². The molecule has 1 aromatic carbocycles. The minimum atomic E-state index is -0.738. The summed E-state index contributed by atoms with van der Waals surface area (Å²) in [7, 11) is 0. The number of benzene rings is 1. The third kappa shape index (κ3) is 4.57. The van der Waals surface area contributed by atoms with E-state index in [-0.39, 0.29) is 24.2 Å². The number of nitrogens with one attached hydrogen (secondary N) is 2. The van der Waals surface area contributed by atoms with E-state index in [0.717, 1.165) is 32.4 Å². The van der Waals surface area contributed by atoms with Gasteiger partial charge in [0.15, 0.2) is 0 Å². The van der Waals surface area contributed by atoms with Crippen LogP contribution in [0.4, 0.5) is 0 Å². The monoisotopic (exact) mass is 379 g/mol. The summed E-state index contributed by atoms with van der Waals surface area (Å²) in [6.45, 7) is 5.39. The molecule has 0 bridgehead atoms. The number of nitrogens with zero attached hydrogens (tertiary/aromatic N) is 1. The quantitative estimate of drug-likeness (QED) is 0.826. The Morgan fingerprint density at radius 3 is 2.73 bits per heavy atom. The Balaban J connectivity index is 0.00000243. The first-order valence-electron chi connectivity index (χ1n) is 9.47. The van der Waals surface area contributed by atoms with E-state index in [2.05, 4.69) is 10.6 Å². The third-order valence-electron chi connectivity index (χ3n) is 5.63. The minimum absolute atomic E-state index is 0. The normalized spacial score (nSPS) is 25.4. The number of halogens is 1. The fraction of sp³-hybridized carbons (Fsp3) is 0.600. The van der Waals surface area contributed by atoms with Crippen molar-refractivity contribution in [3.05, 3.63) is 35.9 Å². The Labute approximate surface area is 162 Å². The van der Waals surface area contributed by atoms with Gasteiger partial charge in [0.1, 0.15) is 5.54 Å². The van der Waals surface area contributed by atoms with Gasteiger partial charge in [-0.2, -0.15) is 0 Å². The summed E-state index contributed by atoms with van der Waals surface area (Å²) in [4.78, 5) is 27.4. The van der Waals surface area contributed by atoms with Crippen LogP contribution in [-0.2, 0) is 4.79 Å². The van der Waals surface area contributed by atoms with E-state index in [1.54, 1.807) is 4.90 Å². The topological polar surface area (TPSA) is 61.4 Å². The maximum Gasteiger partial charge on any atom is 0.254 e. The van der Waals surface area contributed by atoms with Gasteiger partial charge in [-0.15, -0.1) is 12.4 Å². The number of carbonyl (C=O) groups is 2. The molecule has 2 N–H and O–H groups in total. The molecule has 1 aromatic rings. The fourth-order valence-corrected chi connectivity index (χ4v) is 4.01. The van der Waals surface area contributed by atoms with Gasteiger partial charge in [-0.25, -0.2) is 0 Å². The zero-order valence-electron chi connectivity index (χ0n) is 15.5.